The highest BCUT2D eigenvalue weighted by Gasteiger charge is 2.05. The second-order valence-electron chi connectivity index (χ2n) is 4.97. The molecule has 0 saturated carbocycles. The molecule has 0 aliphatic heterocycles. The lowest BCUT2D eigenvalue weighted by Gasteiger charge is -2.10. The van der Waals surface area contributed by atoms with Gasteiger partial charge in [0.25, 0.3) is 0 Å². The number of benzene rings is 1. The van der Waals surface area contributed by atoms with Crippen molar-refractivity contribution >= 4 is 28.9 Å². The molecule has 128 valence electrons. The fourth-order valence-corrected chi connectivity index (χ4v) is 2.60. The smallest absolute Gasteiger partial charge is 0.246 e. The molecule has 0 spiro atoms. The van der Waals surface area contributed by atoms with Crippen molar-refractivity contribution in [2.45, 2.75) is 20.4 Å². The zero-order valence-electron chi connectivity index (χ0n) is 13.6. The van der Waals surface area contributed by atoms with Crippen LogP contribution in [0.25, 0.3) is 0 Å². The van der Waals surface area contributed by atoms with E-state index in [2.05, 4.69) is 25.9 Å². The van der Waals surface area contributed by atoms with Gasteiger partial charge in [0.05, 0.1) is 6.54 Å². The molecule has 0 aliphatic carbocycles. The van der Waals surface area contributed by atoms with Crippen molar-refractivity contribution in [1.82, 2.24) is 15.6 Å². The van der Waals surface area contributed by atoms with Gasteiger partial charge in [-0.25, -0.2) is 14.4 Å². The number of hydrogen-bond acceptors (Lipinski definition) is 4. The summed E-state index contributed by atoms with van der Waals surface area (Å²) in [5.41, 5.74) is 0.535. The summed E-state index contributed by atoms with van der Waals surface area (Å²) < 4.78 is 12.8. The number of guanidine groups is 1. The van der Waals surface area contributed by atoms with Gasteiger partial charge >= 0.3 is 0 Å². The molecule has 6 nitrogen and oxygen atoms in total. The first-order valence-corrected chi connectivity index (χ1v) is 8.37. The van der Waals surface area contributed by atoms with Gasteiger partial charge in [-0.3, -0.25) is 4.79 Å². The number of nitrogens with zero attached hydrogens (tertiary/aromatic N) is 2. The molecule has 3 N–H and O–H groups in total. The Hall–Kier alpha value is -2.48. The molecule has 0 saturated heterocycles. The fraction of sp³-hybridized carbons (Fsp3) is 0.312. The van der Waals surface area contributed by atoms with Crippen LogP contribution in [-0.4, -0.2) is 29.9 Å². The van der Waals surface area contributed by atoms with Gasteiger partial charge in [0.2, 0.25) is 5.91 Å². The number of hydrogen-bond donors (Lipinski definition) is 3. The van der Waals surface area contributed by atoms with Crippen molar-refractivity contribution in [1.29, 1.82) is 0 Å². The lowest BCUT2D eigenvalue weighted by molar-refractivity contribution is -0.114. The number of amides is 1. The maximum absolute atomic E-state index is 12.8. The Bertz CT molecular complexity index is 699. The van der Waals surface area contributed by atoms with Crippen LogP contribution in [-0.2, 0) is 11.3 Å². The number of rotatable bonds is 6. The maximum atomic E-state index is 12.8. The Labute approximate surface area is 144 Å². The van der Waals surface area contributed by atoms with Gasteiger partial charge in [0.1, 0.15) is 17.4 Å². The Balaban J connectivity index is 1.86. The number of nitrogens with one attached hydrogen (secondary N) is 3. The van der Waals surface area contributed by atoms with E-state index in [9.17, 15) is 9.18 Å². The van der Waals surface area contributed by atoms with Gasteiger partial charge in [0, 0.05) is 23.3 Å². The molecule has 0 unspecified atom stereocenters. The maximum Gasteiger partial charge on any atom is 0.246 e. The van der Waals surface area contributed by atoms with E-state index in [1.165, 1.54) is 24.3 Å². The number of aryl methyl sites for hydroxylation is 1. The first kappa shape index (κ1) is 17.9. The molecule has 0 radical (unpaired) electrons. The number of carbonyl (C=O) groups excluding carboxylic acids is 1. The van der Waals surface area contributed by atoms with Crippen LogP contribution < -0.4 is 16.0 Å². The molecule has 1 amide bonds. The van der Waals surface area contributed by atoms with Gasteiger partial charge in [-0.1, -0.05) is 0 Å². The number of halogens is 1. The highest BCUT2D eigenvalue weighted by atomic mass is 32.1. The van der Waals surface area contributed by atoms with E-state index in [0.29, 0.717) is 24.7 Å². The van der Waals surface area contributed by atoms with Crippen LogP contribution in [0.15, 0.2) is 35.5 Å². The summed E-state index contributed by atoms with van der Waals surface area (Å²) in [7, 11) is 0. The van der Waals surface area contributed by atoms with Crippen LogP contribution in [0, 0.1) is 12.7 Å². The van der Waals surface area contributed by atoms with E-state index < -0.39 is 0 Å². The van der Waals surface area contributed by atoms with Gasteiger partial charge in [0.15, 0.2) is 5.96 Å². The Morgan fingerprint density at radius 2 is 2.04 bits per heavy atom. The van der Waals surface area contributed by atoms with Crippen LogP contribution in [0.4, 0.5) is 10.1 Å². The topological polar surface area (TPSA) is 78.4 Å². The van der Waals surface area contributed by atoms with E-state index >= 15 is 0 Å². The summed E-state index contributed by atoms with van der Waals surface area (Å²) in [6.07, 6.45) is 1.82. The van der Waals surface area contributed by atoms with E-state index in [0.717, 1.165) is 9.88 Å². The highest BCUT2D eigenvalue weighted by Crippen LogP contribution is 2.10. The molecule has 1 aromatic heterocycles. The summed E-state index contributed by atoms with van der Waals surface area (Å²) in [6.45, 7) is 5.14. The molecule has 0 fully saturated rings. The Morgan fingerprint density at radius 3 is 2.67 bits per heavy atom. The van der Waals surface area contributed by atoms with E-state index in [1.807, 2.05) is 20.0 Å². The first-order valence-electron chi connectivity index (χ1n) is 7.55. The average molecular weight is 349 g/mol. The molecule has 1 aromatic carbocycles. The second-order valence-corrected chi connectivity index (χ2v) is 6.29. The van der Waals surface area contributed by atoms with Gasteiger partial charge in [-0.05, 0) is 38.1 Å². The highest BCUT2D eigenvalue weighted by molar-refractivity contribution is 7.11. The largest absolute Gasteiger partial charge is 0.357 e. The van der Waals surface area contributed by atoms with Gasteiger partial charge < -0.3 is 16.0 Å². The Kier molecular flexibility index (Phi) is 6.68. The van der Waals surface area contributed by atoms with Crippen molar-refractivity contribution < 1.29 is 9.18 Å². The molecular formula is C16H20FN5OS. The quantitative estimate of drug-likeness (QED) is 0.552. The van der Waals surface area contributed by atoms with Crippen molar-refractivity contribution in [3.63, 3.8) is 0 Å². The molecule has 2 aromatic rings. The summed E-state index contributed by atoms with van der Waals surface area (Å²) in [4.78, 5) is 21.6. The predicted octanol–water partition coefficient (Wildman–Crippen LogP) is 2.28. The van der Waals surface area contributed by atoms with Crippen LogP contribution in [0.1, 0.15) is 16.8 Å². The monoisotopic (exact) mass is 349 g/mol. The van der Waals surface area contributed by atoms with Gasteiger partial charge in [-0.2, -0.15) is 0 Å². The minimum Gasteiger partial charge on any atom is -0.357 e. The number of thiazole rings is 1. The lowest BCUT2D eigenvalue weighted by atomic mass is 10.3. The molecule has 0 aliphatic rings. The minimum atomic E-state index is -0.345. The summed E-state index contributed by atoms with van der Waals surface area (Å²) in [5.74, 6) is -0.0782. The van der Waals surface area contributed by atoms with Crippen LogP contribution in [0.2, 0.25) is 0 Å². The van der Waals surface area contributed by atoms with Crippen LogP contribution >= 0.6 is 11.3 Å². The molecule has 24 heavy (non-hydrogen) atoms. The summed E-state index contributed by atoms with van der Waals surface area (Å²) in [5, 5.41) is 9.82. The molecule has 0 bridgehead atoms. The van der Waals surface area contributed by atoms with E-state index in [4.69, 9.17) is 0 Å². The van der Waals surface area contributed by atoms with Crippen molar-refractivity contribution in [3.8, 4) is 0 Å². The van der Waals surface area contributed by atoms with Crippen molar-refractivity contribution in [2.75, 3.05) is 18.4 Å². The van der Waals surface area contributed by atoms with E-state index in [1.54, 1.807) is 11.3 Å². The zero-order valence-corrected chi connectivity index (χ0v) is 14.4. The fourth-order valence-electron chi connectivity index (χ4n) is 1.87. The van der Waals surface area contributed by atoms with Crippen molar-refractivity contribution in [3.05, 3.63) is 46.2 Å². The lowest BCUT2D eigenvalue weighted by Crippen LogP contribution is -2.37. The van der Waals surface area contributed by atoms with Crippen molar-refractivity contribution in [2.24, 2.45) is 4.99 Å². The third-order valence-corrected chi connectivity index (χ3v) is 3.84. The molecular weight excluding hydrogens is 329 g/mol. The second kappa shape index (κ2) is 8.97. The predicted molar refractivity (Wildman–Crippen MR) is 94.7 cm³/mol. The Morgan fingerprint density at radius 1 is 1.29 bits per heavy atom. The molecule has 1 heterocycles. The standard InChI is InChI=1S/C16H20FN5OS/c1-3-18-16(21-10-15-19-8-11(2)24-15)20-9-14(23)22-13-6-4-12(17)5-7-13/h4-8H,3,9-10H2,1-2H3,(H,22,23)(H2,18,20,21). The number of anilines is 1. The number of carbonyl (C=O) groups is 1. The average Bonchev–Trinajstić information content (AvgIpc) is 2.98. The van der Waals surface area contributed by atoms with Crippen LogP contribution in [0.5, 0.6) is 0 Å². The molecule has 2 rings (SSSR count). The SMILES string of the molecule is CCNC(=NCC(=O)Nc1ccc(F)cc1)NCc1ncc(C)s1. The summed E-state index contributed by atoms with van der Waals surface area (Å²) in [6, 6.07) is 5.59. The molecule has 8 heteroatoms. The van der Waals surface area contributed by atoms with Gasteiger partial charge in [-0.15, -0.1) is 11.3 Å². The van der Waals surface area contributed by atoms with Crippen LogP contribution in [0.3, 0.4) is 0 Å². The third-order valence-electron chi connectivity index (χ3n) is 2.93. The minimum absolute atomic E-state index is 0.0381. The normalized spacial score (nSPS) is 11.2. The summed E-state index contributed by atoms with van der Waals surface area (Å²) >= 11 is 1.61. The molecule has 0 atom stereocenters. The third kappa shape index (κ3) is 5.96. The number of aliphatic imine (C=N–C) groups is 1. The van der Waals surface area contributed by atoms with E-state index in [-0.39, 0.29) is 18.3 Å². The zero-order chi connectivity index (χ0) is 17.4. The number of aromatic nitrogens is 1. The first-order chi connectivity index (χ1) is 11.6.